The molecule has 0 fully saturated rings. The van der Waals surface area contributed by atoms with Gasteiger partial charge in [-0.1, -0.05) is 91.0 Å². The smallest absolute Gasteiger partial charge is 0.145 e. The van der Waals surface area contributed by atoms with Crippen molar-refractivity contribution < 1.29 is 0 Å². The predicted octanol–water partition coefficient (Wildman–Crippen LogP) is 6.91. The lowest BCUT2D eigenvalue weighted by Gasteiger charge is -2.08. The number of rotatable bonds is 6. The maximum Gasteiger partial charge on any atom is 0.145 e. The molecule has 6 rings (SSSR count). The van der Waals surface area contributed by atoms with Crippen molar-refractivity contribution in [1.29, 1.82) is 10.5 Å². The first-order valence-corrected chi connectivity index (χ1v) is 12.9. The van der Waals surface area contributed by atoms with Crippen LogP contribution in [0.2, 0.25) is 0 Å². The Kier molecular flexibility index (Phi) is 6.68. The third kappa shape index (κ3) is 4.87. The summed E-state index contributed by atoms with van der Waals surface area (Å²) in [5, 5.41) is 29.3. The second-order valence-electron chi connectivity index (χ2n) is 9.29. The molecule has 7 nitrogen and oxygen atoms in total. The van der Waals surface area contributed by atoms with Crippen molar-refractivity contribution in [2.75, 3.05) is 5.73 Å². The molecule has 6 aromatic rings. The van der Waals surface area contributed by atoms with Gasteiger partial charge in [-0.05, 0) is 42.0 Å². The Morgan fingerprint density at radius 2 is 1.27 bits per heavy atom. The zero-order valence-electron chi connectivity index (χ0n) is 21.9. The van der Waals surface area contributed by atoms with Crippen LogP contribution in [0.5, 0.6) is 0 Å². The first-order chi connectivity index (χ1) is 20.2. The third-order valence-corrected chi connectivity index (χ3v) is 6.71. The summed E-state index contributed by atoms with van der Waals surface area (Å²) in [4.78, 5) is 0. The summed E-state index contributed by atoms with van der Waals surface area (Å²) in [5.74, 6) is 0.187. The van der Waals surface area contributed by atoms with Crippen molar-refractivity contribution in [2.45, 2.75) is 0 Å². The average molecular weight is 530 g/mol. The minimum Gasteiger partial charge on any atom is -0.382 e. The first kappa shape index (κ1) is 25.1. The summed E-state index contributed by atoms with van der Waals surface area (Å²) in [6.45, 7) is 0. The third-order valence-electron chi connectivity index (χ3n) is 6.71. The largest absolute Gasteiger partial charge is 0.382 e. The lowest BCUT2D eigenvalue weighted by atomic mass is 10.1. The Balaban J connectivity index is 1.38. The Labute approximate surface area is 237 Å². The zero-order valence-corrected chi connectivity index (χ0v) is 21.9. The highest BCUT2D eigenvalue weighted by Crippen LogP contribution is 2.30. The molecule has 2 aromatic heterocycles. The van der Waals surface area contributed by atoms with Gasteiger partial charge in [-0.3, -0.25) is 0 Å². The van der Waals surface area contributed by atoms with E-state index in [2.05, 4.69) is 35.4 Å². The van der Waals surface area contributed by atoms with Crippen molar-refractivity contribution in [3.05, 3.63) is 138 Å². The lowest BCUT2D eigenvalue weighted by molar-refractivity contribution is 0.885. The zero-order chi connectivity index (χ0) is 28.2. The second-order valence-corrected chi connectivity index (χ2v) is 9.29. The summed E-state index contributed by atoms with van der Waals surface area (Å²) >= 11 is 0. The maximum atomic E-state index is 10.0. The van der Waals surface area contributed by atoms with Gasteiger partial charge in [-0.15, -0.1) is 0 Å². The molecule has 0 spiro atoms. The molecule has 0 amide bonds. The molecule has 0 saturated carbocycles. The maximum absolute atomic E-state index is 10.0. The molecule has 194 valence electrons. The minimum absolute atomic E-state index is 0.163. The number of benzene rings is 4. The molecular formula is C34H23N7. The molecule has 0 unspecified atom stereocenters. The van der Waals surface area contributed by atoms with Gasteiger partial charge in [0.2, 0.25) is 0 Å². The van der Waals surface area contributed by atoms with Gasteiger partial charge < -0.3 is 5.73 Å². The van der Waals surface area contributed by atoms with E-state index in [1.165, 1.54) is 4.68 Å². The van der Waals surface area contributed by atoms with E-state index in [1.807, 2.05) is 108 Å². The van der Waals surface area contributed by atoms with Crippen LogP contribution in [0.25, 0.3) is 45.5 Å². The standard InChI is InChI=1S/C34H23N7/c35-22-27(33-30(23-36)34(37)41(39-33)28-14-8-3-9-15-28)20-24-16-18-29(19-17-24)40-32(26-12-6-2-7-13-26)21-31(38-40)25-10-4-1-5-11-25/h1-21H,37H2/b27-20+. The average Bonchev–Trinajstić information content (AvgIpc) is 3.63. The topological polar surface area (TPSA) is 109 Å². The highest BCUT2D eigenvalue weighted by Gasteiger charge is 2.20. The fraction of sp³-hybridized carbons (Fsp3) is 0. The number of aromatic nitrogens is 4. The van der Waals surface area contributed by atoms with Gasteiger partial charge >= 0.3 is 0 Å². The van der Waals surface area contributed by atoms with Crippen LogP contribution in [0.3, 0.4) is 0 Å². The van der Waals surface area contributed by atoms with Crippen molar-refractivity contribution in [3.63, 3.8) is 0 Å². The van der Waals surface area contributed by atoms with E-state index >= 15 is 0 Å². The van der Waals surface area contributed by atoms with Crippen LogP contribution in [0.1, 0.15) is 16.8 Å². The van der Waals surface area contributed by atoms with Gasteiger partial charge in [0.05, 0.1) is 28.3 Å². The molecular weight excluding hydrogens is 506 g/mol. The van der Waals surface area contributed by atoms with Gasteiger partial charge in [0, 0.05) is 11.1 Å². The van der Waals surface area contributed by atoms with Crippen LogP contribution >= 0.6 is 0 Å². The first-order valence-electron chi connectivity index (χ1n) is 12.9. The van der Waals surface area contributed by atoms with Gasteiger partial charge in [0.25, 0.3) is 0 Å². The number of nitriles is 2. The number of allylic oxidation sites excluding steroid dienone is 1. The monoisotopic (exact) mass is 529 g/mol. The van der Waals surface area contributed by atoms with Crippen LogP contribution in [0, 0.1) is 22.7 Å². The highest BCUT2D eigenvalue weighted by atomic mass is 15.3. The Morgan fingerprint density at radius 1 is 0.683 bits per heavy atom. The Hall–Kier alpha value is -6.18. The van der Waals surface area contributed by atoms with Gasteiger partial charge in [-0.2, -0.15) is 20.7 Å². The fourth-order valence-corrected chi connectivity index (χ4v) is 4.67. The summed E-state index contributed by atoms with van der Waals surface area (Å²) in [6, 6.07) is 43.6. The number of hydrogen-bond donors (Lipinski definition) is 1. The van der Waals surface area contributed by atoms with E-state index in [9.17, 15) is 10.5 Å². The van der Waals surface area contributed by atoms with Crippen LogP contribution in [-0.4, -0.2) is 19.6 Å². The van der Waals surface area contributed by atoms with E-state index < -0.39 is 0 Å². The predicted molar refractivity (Wildman–Crippen MR) is 161 cm³/mol. The van der Waals surface area contributed by atoms with Crippen LogP contribution in [-0.2, 0) is 0 Å². The summed E-state index contributed by atoms with van der Waals surface area (Å²) in [6.07, 6.45) is 1.71. The molecule has 0 bridgehead atoms. The number of hydrogen-bond acceptors (Lipinski definition) is 5. The van der Waals surface area contributed by atoms with E-state index in [0.717, 1.165) is 33.8 Å². The van der Waals surface area contributed by atoms with Crippen LogP contribution < -0.4 is 5.73 Å². The minimum atomic E-state index is 0.163. The van der Waals surface area contributed by atoms with Gasteiger partial charge in [0.1, 0.15) is 29.2 Å². The molecule has 0 saturated heterocycles. The quantitative estimate of drug-likeness (QED) is 0.236. The molecule has 2 heterocycles. The van der Waals surface area contributed by atoms with Crippen molar-refractivity contribution in [1.82, 2.24) is 19.6 Å². The molecule has 7 heteroatoms. The van der Waals surface area contributed by atoms with E-state index in [1.54, 1.807) is 6.08 Å². The molecule has 0 aliphatic heterocycles. The van der Waals surface area contributed by atoms with Crippen molar-refractivity contribution in [3.8, 4) is 46.0 Å². The SMILES string of the molecule is N#C/C(=C\c1ccc(-n2nc(-c3ccccc3)cc2-c2ccccc2)cc1)c1nn(-c2ccccc2)c(N)c1C#N. The summed E-state index contributed by atoms with van der Waals surface area (Å²) in [7, 11) is 0. The number of nitrogens with two attached hydrogens (primary N) is 1. The van der Waals surface area contributed by atoms with Crippen molar-refractivity contribution in [2.24, 2.45) is 0 Å². The van der Waals surface area contributed by atoms with E-state index in [4.69, 9.17) is 10.8 Å². The van der Waals surface area contributed by atoms with Gasteiger partial charge in [0.15, 0.2) is 0 Å². The number of nitrogen functional groups attached to an aromatic ring is 1. The van der Waals surface area contributed by atoms with Crippen LogP contribution in [0.4, 0.5) is 5.82 Å². The molecule has 41 heavy (non-hydrogen) atoms. The van der Waals surface area contributed by atoms with E-state index in [0.29, 0.717) is 5.69 Å². The summed E-state index contributed by atoms with van der Waals surface area (Å²) in [5.41, 5.74) is 13.2. The van der Waals surface area contributed by atoms with Gasteiger partial charge in [-0.25, -0.2) is 9.36 Å². The summed E-state index contributed by atoms with van der Waals surface area (Å²) < 4.78 is 3.40. The molecule has 0 atom stereocenters. The molecule has 0 radical (unpaired) electrons. The number of nitrogens with zero attached hydrogens (tertiary/aromatic N) is 6. The second kappa shape index (κ2) is 10.9. The normalized spacial score (nSPS) is 11.1. The Morgan fingerprint density at radius 3 is 1.88 bits per heavy atom. The Bertz CT molecular complexity index is 1940. The van der Waals surface area contributed by atoms with E-state index in [-0.39, 0.29) is 22.6 Å². The number of para-hydroxylation sites is 1. The van der Waals surface area contributed by atoms with Crippen molar-refractivity contribution >= 4 is 17.5 Å². The molecule has 4 aromatic carbocycles. The fourth-order valence-electron chi connectivity index (χ4n) is 4.67. The molecule has 2 N–H and O–H groups in total. The highest BCUT2D eigenvalue weighted by molar-refractivity contribution is 5.91. The lowest BCUT2D eigenvalue weighted by Crippen LogP contribution is -2.02. The van der Waals surface area contributed by atoms with Crippen LogP contribution in [0.15, 0.2) is 121 Å². The molecule has 0 aliphatic rings. The molecule has 0 aliphatic carbocycles. The number of anilines is 1.